The van der Waals surface area contributed by atoms with Gasteiger partial charge in [-0.15, -0.1) is 0 Å². The first-order valence-corrected chi connectivity index (χ1v) is 16.3. The zero-order valence-corrected chi connectivity index (χ0v) is 26.6. The summed E-state index contributed by atoms with van der Waals surface area (Å²) < 4.78 is 12.6. The van der Waals surface area contributed by atoms with Crippen molar-refractivity contribution in [3.05, 3.63) is 117 Å². The van der Waals surface area contributed by atoms with Gasteiger partial charge in [0, 0.05) is 11.5 Å². The van der Waals surface area contributed by atoms with Crippen LogP contribution in [0.3, 0.4) is 0 Å². The van der Waals surface area contributed by atoms with Crippen LogP contribution in [0.1, 0.15) is 72.2 Å². The maximum Gasteiger partial charge on any atom is 0.125 e. The highest BCUT2D eigenvalue weighted by Gasteiger charge is 2.47. The van der Waals surface area contributed by atoms with Gasteiger partial charge in [0.2, 0.25) is 0 Å². The topological polar surface area (TPSA) is 18.5 Å². The van der Waals surface area contributed by atoms with Crippen molar-refractivity contribution in [1.29, 1.82) is 0 Å². The van der Waals surface area contributed by atoms with Crippen molar-refractivity contribution in [3.63, 3.8) is 0 Å². The van der Waals surface area contributed by atoms with Crippen molar-refractivity contribution in [2.24, 2.45) is 0 Å². The Bertz CT molecular complexity index is 1360. The summed E-state index contributed by atoms with van der Waals surface area (Å²) in [4.78, 5) is 0. The Kier molecular flexibility index (Phi) is 9.41. The molecule has 0 fully saturated rings. The number of fused-ring (bicyclic) bond motifs is 3. The molecule has 5 rings (SSSR count). The Hall–Kier alpha value is -2.82. The van der Waals surface area contributed by atoms with E-state index in [9.17, 15) is 0 Å². The first kappa shape index (κ1) is 29.7. The Labute approximate surface area is 257 Å². The average Bonchev–Trinajstić information content (AvgIpc) is 3.33. The molecular weight excluding hydrogens is 541 g/mol. The number of ether oxygens (including phenoxy) is 2. The molecule has 41 heavy (non-hydrogen) atoms. The molecule has 0 spiro atoms. The smallest absolute Gasteiger partial charge is 0.125 e. The number of aryl methyl sites for hydroxylation is 4. The minimum Gasteiger partial charge on any atom is -0.492 e. The lowest BCUT2D eigenvalue weighted by Gasteiger charge is -2.36. The first-order valence-electron chi connectivity index (χ1n) is 15.1. The van der Waals surface area contributed by atoms with Crippen molar-refractivity contribution in [3.8, 4) is 22.6 Å². The lowest BCUT2D eigenvalue weighted by Crippen LogP contribution is -2.30. The van der Waals surface area contributed by atoms with E-state index in [4.69, 9.17) is 9.47 Å². The fraction of sp³-hybridized carbons (Fsp3) is 0.351. The lowest BCUT2D eigenvalue weighted by molar-refractivity contribution is 0.337. The molecule has 214 valence electrons. The quantitative estimate of drug-likeness (QED) is 0.143. The summed E-state index contributed by atoms with van der Waals surface area (Å²) in [5.74, 6) is 3.45. The molecular formula is C37H42O2S2. The van der Waals surface area contributed by atoms with Crippen LogP contribution in [0.5, 0.6) is 11.5 Å². The van der Waals surface area contributed by atoms with Gasteiger partial charge < -0.3 is 9.47 Å². The summed E-state index contributed by atoms with van der Waals surface area (Å²) in [7, 11) is 0. The Morgan fingerprint density at radius 1 is 0.537 bits per heavy atom. The van der Waals surface area contributed by atoms with E-state index in [1.165, 1.54) is 55.6 Å². The average molecular weight is 583 g/mol. The molecule has 0 saturated carbocycles. The van der Waals surface area contributed by atoms with Gasteiger partial charge >= 0.3 is 0 Å². The van der Waals surface area contributed by atoms with Gasteiger partial charge in [-0.25, -0.2) is 0 Å². The molecule has 0 unspecified atom stereocenters. The maximum atomic E-state index is 6.32. The van der Waals surface area contributed by atoms with Gasteiger partial charge in [0.05, 0.1) is 18.6 Å². The maximum absolute atomic E-state index is 6.32. The van der Waals surface area contributed by atoms with E-state index in [1.807, 2.05) is 0 Å². The van der Waals surface area contributed by atoms with E-state index < -0.39 is 5.41 Å². The SMILES string of the molecule is CCc1cc(C2(c3cc(CC)c(OCCS)c(CC)c3)c3ccccc3-c3ccccc32)cc(CC)c1OCCS. The molecule has 0 bridgehead atoms. The van der Waals surface area contributed by atoms with Crippen LogP contribution in [0.25, 0.3) is 11.1 Å². The predicted octanol–water partition coefficient (Wildman–Crippen LogP) is 8.92. The summed E-state index contributed by atoms with van der Waals surface area (Å²) in [6, 6.07) is 27.6. The highest BCUT2D eigenvalue weighted by molar-refractivity contribution is 7.80. The summed E-state index contributed by atoms with van der Waals surface area (Å²) in [6.45, 7) is 10.1. The van der Waals surface area contributed by atoms with Gasteiger partial charge in [0.15, 0.2) is 0 Å². The van der Waals surface area contributed by atoms with Gasteiger partial charge in [0.1, 0.15) is 11.5 Å². The molecule has 1 aliphatic carbocycles. The highest BCUT2D eigenvalue weighted by atomic mass is 32.1. The van der Waals surface area contributed by atoms with E-state index in [1.54, 1.807) is 0 Å². The van der Waals surface area contributed by atoms with Gasteiger partial charge in [-0.3, -0.25) is 0 Å². The second kappa shape index (κ2) is 13.0. The van der Waals surface area contributed by atoms with E-state index in [2.05, 4.69) is 126 Å². The van der Waals surface area contributed by atoms with Crippen LogP contribution in [0.15, 0.2) is 72.8 Å². The number of benzene rings is 4. The molecule has 0 aromatic heterocycles. The van der Waals surface area contributed by atoms with Crippen LogP contribution in [0, 0.1) is 0 Å². The molecule has 1 aliphatic rings. The van der Waals surface area contributed by atoms with Crippen LogP contribution in [-0.2, 0) is 31.1 Å². The lowest BCUT2D eigenvalue weighted by atomic mass is 9.66. The van der Waals surface area contributed by atoms with Gasteiger partial charge in [-0.2, -0.15) is 25.3 Å². The van der Waals surface area contributed by atoms with Gasteiger partial charge in [0.25, 0.3) is 0 Å². The zero-order chi connectivity index (χ0) is 29.0. The molecule has 0 N–H and O–H groups in total. The molecule has 0 heterocycles. The number of hydrogen-bond donors (Lipinski definition) is 2. The molecule has 0 radical (unpaired) electrons. The molecule has 4 aromatic carbocycles. The normalized spacial score (nSPS) is 13.1. The third-order valence-electron chi connectivity index (χ3n) is 8.50. The molecule has 2 nitrogen and oxygen atoms in total. The third-order valence-corrected chi connectivity index (χ3v) is 8.87. The summed E-state index contributed by atoms with van der Waals surface area (Å²) in [5.41, 5.74) is 12.4. The van der Waals surface area contributed by atoms with Gasteiger partial charge in [-0.05, 0) is 81.3 Å². The van der Waals surface area contributed by atoms with E-state index in [0.29, 0.717) is 24.7 Å². The van der Waals surface area contributed by atoms with Gasteiger partial charge in [-0.1, -0.05) is 100 Å². The van der Waals surface area contributed by atoms with Crippen molar-refractivity contribution in [1.82, 2.24) is 0 Å². The van der Waals surface area contributed by atoms with Crippen molar-refractivity contribution in [2.45, 2.75) is 58.8 Å². The van der Waals surface area contributed by atoms with Crippen LogP contribution in [-0.4, -0.2) is 24.7 Å². The van der Waals surface area contributed by atoms with Crippen LogP contribution >= 0.6 is 25.3 Å². The summed E-state index contributed by atoms with van der Waals surface area (Å²) in [6.07, 6.45) is 3.61. The fourth-order valence-electron chi connectivity index (χ4n) is 6.68. The largest absolute Gasteiger partial charge is 0.492 e. The first-order chi connectivity index (χ1) is 20.1. The Morgan fingerprint density at radius 2 is 0.878 bits per heavy atom. The monoisotopic (exact) mass is 582 g/mol. The number of rotatable bonds is 12. The molecule has 4 heteroatoms. The standard InChI is InChI=1S/C37H42O2S2/c1-5-25-21-29(22-26(6-2)35(25)38-17-19-40)37(30-23-27(7-3)36(39-18-20-41)28(8-4)24-30)33-15-11-9-13-31(33)32-14-10-12-16-34(32)37/h9-16,21-24,40-41H,5-8,17-20H2,1-4H3. The fourth-order valence-corrected chi connectivity index (χ4v) is 6.86. The summed E-state index contributed by atoms with van der Waals surface area (Å²) >= 11 is 8.84. The van der Waals surface area contributed by atoms with Crippen molar-refractivity contribution >= 4 is 25.3 Å². The van der Waals surface area contributed by atoms with E-state index >= 15 is 0 Å². The third kappa shape index (κ3) is 5.08. The molecule has 4 aromatic rings. The van der Waals surface area contributed by atoms with Crippen LogP contribution in [0.4, 0.5) is 0 Å². The van der Waals surface area contributed by atoms with E-state index in [-0.39, 0.29) is 0 Å². The molecule has 0 saturated heterocycles. The minimum atomic E-state index is -0.459. The Morgan fingerprint density at radius 3 is 1.20 bits per heavy atom. The number of hydrogen-bond acceptors (Lipinski definition) is 4. The van der Waals surface area contributed by atoms with E-state index in [0.717, 1.165) is 37.2 Å². The summed E-state index contributed by atoms with van der Waals surface area (Å²) in [5, 5.41) is 0. The second-order valence-electron chi connectivity index (χ2n) is 10.6. The van der Waals surface area contributed by atoms with Crippen LogP contribution < -0.4 is 9.47 Å². The molecule has 0 atom stereocenters. The van der Waals surface area contributed by atoms with Crippen molar-refractivity contribution < 1.29 is 9.47 Å². The van der Waals surface area contributed by atoms with Crippen molar-refractivity contribution in [2.75, 3.05) is 24.7 Å². The highest BCUT2D eigenvalue weighted by Crippen LogP contribution is 2.57. The Balaban J connectivity index is 1.90. The van der Waals surface area contributed by atoms with Crippen LogP contribution in [0.2, 0.25) is 0 Å². The second-order valence-corrected chi connectivity index (χ2v) is 11.5. The molecule has 0 amide bonds. The number of thiol groups is 2. The zero-order valence-electron chi connectivity index (χ0n) is 24.8. The predicted molar refractivity (Wildman–Crippen MR) is 180 cm³/mol. The minimum absolute atomic E-state index is 0.459. The molecule has 0 aliphatic heterocycles.